The molecule has 0 radical (unpaired) electrons. The van der Waals surface area contributed by atoms with E-state index in [1.807, 2.05) is 0 Å². The minimum absolute atomic E-state index is 0.0122. The first kappa shape index (κ1) is 24.7. The molecule has 20 rings (SSSR count). The van der Waals surface area contributed by atoms with Gasteiger partial charge in [-0.2, -0.15) is 0 Å². The monoisotopic (exact) mass is 1090 g/mol. The highest BCUT2D eigenvalue weighted by Gasteiger charge is 2.53. The minimum atomic E-state index is -1.65. The molecular formula is C72H42B4N4O3. The third-order valence-electron chi connectivity index (χ3n) is 16.9. The molecule has 0 amide bonds. The number of para-hydroxylation sites is 7. The molecule has 7 nitrogen and oxygen atoms in total. The van der Waals surface area contributed by atoms with Crippen molar-refractivity contribution >= 4 is 161 Å². The first-order valence-electron chi connectivity index (χ1n) is 41.7. The van der Waals surface area contributed by atoms with E-state index >= 15 is 0 Å². The van der Waals surface area contributed by atoms with Crippen molar-refractivity contribution in [3.63, 3.8) is 0 Å². The molecule has 380 valence electrons. The molecule has 83 heavy (non-hydrogen) atoms. The molecule has 0 N–H and O–H groups in total. The zero-order chi connectivity index (χ0) is 80.7. The Morgan fingerprint density at radius 2 is 0.651 bits per heavy atom. The van der Waals surface area contributed by atoms with Gasteiger partial charge in [0.05, 0.1) is 42.5 Å². The summed E-state index contributed by atoms with van der Waals surface area (Å²) in [5.74, 6) is -1.04. The predicted molar refractivity (Wildman–Crippen MR) is 343 cm³/mol. The SMILES string of the molecule is [2H]c1c([2H])c([2H])c(N2c3cc4c(cc3B3c5c(cccc52)Oc2c([2H])c([2H])c([2H])c([2H])c23)B2c3c([2H])c([2H])c([2H])c([2H])c3N3c5c([2H])c([2H])c([2H])c([2H])c5B5c6cc7c(cc6N(c6c([2H])c([2H])c([2H])c([2H])c6[2H])c6cc(c2c3c65)O4)N(c2c([2H])c([2H])c([2H])c([2H])c2[2H])c2cccc3c2B7c2c([2H])c([2H])c([2H])c([2H])c2O3)c([2H])c1[2H]. The summed E-state index contributed by atoms with van der Waals surface area (Å²) < 4.78 is 314. The lowest BCUT2D eigenvalue weighted by Gasteiger charge is -2.50. The second-order valence-electron chi connectivity index (χ2n) is 20.7. The van der Waals surface area contributed by atoms with Crippen molar-refractivity contribution in [1.29, 1.82) is 0 Å². The van der Waals surface area contributed by atoms with Crippen LogP contribution in [0, 0.1) is 0 Å². The van der Waals surface area contributed by atoms with Crippen molar-refractivity contribution < 1.29 is 56.7 Å². The third kappa shape index (κ3) is 5.73. The summed E-state index contributed by atoms with van der Waals surface area (Å²) in [5.41, 5.74) is -3.12. The maximum atomic E-state index is 10.3. The molecule has 0 atom stereocenters. The van der Waals surface area contributed by atoms with Crippen LogP contribution in [0.5, 0.6) is 34.5 Å². The molecule has 11 heteroatoms. The van der Waals surface area contributed by atoms with E-state index in [-0.39, 0.29) is 140 Å². The molecule has 0 aliphatic carbocycles. The van der Waals surface area contributed by atoms with Gasteiger partial charge >= 0.3 is 0 Å². The Morgan fingerprint density at radius 3 is 1.18 bits per heavy atom. The first-order chi connectivity index (χ1) is 54.1. The summed E-state index contributed by atoms with van der Waals surface area (Å²) in [6.07, 6.45) is 0. The Balaban J connectivity index is 0.968. The highest BCUT2D eigenvalue weighted by molar-refractivity contribution is 7.06. The molecule has 0 saturated heterocycles. The quantitative estimate of drug-likeness (QED) is 0.164. The minimum Gasteiger partial charge on any atom is -0.458 e. The number of hydrogen-bond acceptors (Lipinski definition) is 7. The van der Waals surface area contributed by atoms with Gasteiger partial charge in [-0.25, -0.2) is 0 Å². The predicted octanol–water partition coefficient (Wildman–Crippen LogP) is 9.51. The normalized spacial score (nSPS) is 19.8. The number of benzene rings is 12. The Hall–Kier alpha value is -10.5. The van der Waals surface area contributed by atoms with E-state index in [9.17, 15) is 28.8 Å². The van der Waals surface area contributed by atoms with Gasteiger partial charge in [0.15, 0.2) is 0 Å². The zero-order valence-corrected chi connectivity index (χ0v) is 42.2. The molecule has 8 aliphatic heterocycles. The Morgan fingerprint density at radius 1 is 0.253 bits per heavy atom. The standard InChI is InChI=1S/C72H42B4N4O3/c1-4-20-43(21-5-1)77-56-32-18-36-64-68(56)75(48-28-12-16-34-62(48)81-64)51-38-50-59(40-58(51)77)79(45-24-8-3-9-25-45)61-42-67-71-72-70(61)73(50)46-26-10-14-30-54(46)80(72)55-31-15-11-27-47(55)74(71)53-39-52-60(41-66(53)83-67)78(44-22-6-2-7-23-44)57-33-19-37-65-69(57)76(52)49-29-13-17-35-63(49)82-65/h1-42H/i1D,2D,3D,4D,5D,6D,7D,8D,9D,10D,11D,12D,13D,14D,15D,16D,17D,20D,21D,22D,23D,24D,25D,26D,27D,28D,29D,30D,31D,34D,35D. The van der Waals surface area contributed by atoms with Crippen LogP contribution in [0.4, 0.5) is 68.2 Å². The Kier molecular flexibility index (Phi) is 4.80. The van der Waals surface area contributed by atoms with E-state index in [0.717, 1.165) is 0 Å². The molecule has 0 fully saturated rings. The van der Waals surface area contributed by atoms with Crippen LogP contribution in [0.1, 0.15) is 42.5 Å². The summed E-state index contributed by atoms with van der Waals surface area (Å²) in [7, 11) is 0. The second kappa shape index (κ2) is 16.1. The average Bonchev–Trinajstić information content (AvgIpc) is 0.658. The summed E-state index contributed by atoms with van der Waals surface area (Å²) >= 11 is 0. The number of rotatable bonds is 3. The summed E-state index contributed by atoms with van der Waals surface area (Å²) in [6.45, 7) is -5.95. The fourth-order valence-electron chi connectivity index (χ4n) is 14.0. The lowest BCUT2D eigenvalue weighted by Crippen LogP contribution is -2.69. The van der Waals surface area contributed by atoms with Crippen LogP contribution in [0.3, 0.4) is 0 Å². The fourth-order valence-corrected chi connectivity index (χ4v) is 14.0. The number of hydrogen-bond donors (Lipinski definition) is 0. The molecule has 0 saturated carbocycles. The van der Waals surface area contributed by atoms with Crippen LogP contribution >= 0.6 is 0 Å². The van der Waals surface area contributed by atoms with E-state index in [4.69, 9.17) is 27.9 Å². The maximum absolute atomic E-state index is 10.3. The van der Waals surface area contributed by atoms with Crippen molar-refractivity contribution in [3.05, 3.63) is 254 Å². The van der Waals surface area contributed by atoms with Crippen LogP contribution in [-0.4, -0.2) is 26.9 Å². The number of fused-ring (bicyclic) bond motifs is 18. The smallest absolute Gasteiger partial charge is 0.256 e. The molecule has 0 spiro atoms. The van der Waals surface area contributed by atoms with Crippen molar-refractivity contribution in [2.75, 3.05) is 19.6 Å². The van der Waals surface area contributed by atoms with Crippen molar-refractivity contribution in [2.45, 2.75) is 0 Å². The summed E-state index contributed by atoms with van der Waals surface area (Å²) in [5, 5.41) is 0. The lowest BCUT2D eigenvalue weighted by molar-refractivity contribution is 0.487. The van der Waals surface area contributed by atoms with E-state index in [1.165, 1.54) is 74.2 Å². The Bertz CT molecular complexity index is 6690. The molecule has 0 bridgehead atoms. The molecule has 8 aliphatic rings. The highest BCUT2D eigenvalue weighted by Crippen LogP contribution is 2.51. The molecule has 0 unspecified atom stereocenters. The third-order valence-corrected chi connectivity index (χ3v) is 16.9. The molecular weight excluding hydrogens is 1010 g/mol. The highest BCUT2D eigenvalue weighted by atomic mass is 16.5. The number of nitrogens with zero attached hydrogens (tertiary/aromatic N) is 4. The number of anilines is 12. The van der Waals surface area contributed by atoms with Crippen LogP contribution in [0.25, 0.3) is 0 Å². The van der Waals surface area contributed by atoms with Gasteiger partial charge in [0, 0.05) is 80.4 Å². The Labute approximate surface area is 524 Å². The van der Waals surface area contributed by atoms with Crippen LogP contribution < -0.4 is 99.4 Å². The topological polar surface area (TPSA) is 40.7 Å². The number of ether oxygens (including phenoxy) is 3. The van der Waals surface area contributed by atoms with Crippen LogP contribution in [-0.2, 0) is 0 Å². The van der Waals surface area contributed by atoms with Crippen molar-refractivity contribution in [2.24, 2.45) is 0 Å². The van der Waals surface area contributed by atoms with E-state index in [1.54, 1.807) is 12.1 Å². The molecule has 8 heterocycles. The van der Waals surface area contributed by atoms with Gasteiger partial charge in [-0.3, -0.25) is 0 Å². The van der Waals surface area contributed by atoms with Crippen LogP contribution in [0.2, 0.25) is 0 Å². The molecule has 12 aromatic rings. The average molecular weight is 1090 g/mol. The summed E-state index contributed by atoms with van der Waals surface area (Å²) in [4.78, 5) is 5.20. The van der Waals surface area contributed by atoms with Crippen molar-refractivity contribution in [3.8, 4) is 34.5 Å². The maximum Gasteiger partial charge on any atom is 0.256 e. The van der Waals surface area contributed by atoms with E-state index < -0.39 is 243 Å². The van der Waals surface area contributed by atoms with Gasteiger partial charge < -0.3 is 33.8 Å². The van der Waals surface area contributed by atoms with Crippen LogP contribution in [0.15, 0.2) is 254 Å². The van der Waals surface area contributed by atoms with Gasteiger partial charge in [-0.1, -0.05) is 151 Å². The first-order valence-corrected chi connectivity index (χ1v) is 26.2. The van der Waals surface area contributed by atoms with Gasteiger partial charge in [-0.15, -0.1) is 0 Å². The fraction of sp³-hybridized carbons (Fsp3) is 0. The molecule has 12 aromatic carbocycles. The van der Waals surface area contributed by atoms with E-state index in [0.29, 0.717) is 0 Å². The lowest BCUT2D eigenvalue weighted by atomic mass is 9.27. The second-order valence-corrected chi connectivity index (χ2v) is 20.7. The largest absolute Gasteiger partial charge is 0.458 e. The van der Waals surface area contributed by atoms with E-state index in [2.05, 4.69) is 0 Å². The van der Waals surface area contributed by atoms with Gasteiger partial charge in [-0.05, 0) is 156 Å². The molecule has 0 aromatic heterocycles. The zero-order valence-electron chi connectivity index (χ0n) is 73.2. The van der Waals surface area contributed by atoms with Crippen molar-refractivity contribution in [1.82, 2.24) is 0 Å². The van der Waals surface area contributed by atoms with Gasteiger partial charge in [0.2, 0.25) is 0 Å². The summed E-state index contributed by atoms with van der Waals surface area (Å²) in [6, 6.07) is -6.66. The van der Waals surface area contributed by atoms with Gasteiger partial charge in [0.1, 0.15) is 34.5 Å². The van der Waals surface area contributed by atoms with Gasteiger partial charge in [0.25, 0.3) is 26.9 Å².